The van der Waals surface area contributed by atoms with E-state index in [1.165, 1.54) is 13.0 Å². The van der Waals surface area contributed by atoms with Crippen molar-refractivity contribution in [3.63, 3.8) is 0 Å². The van der Waals surface area contributed by atoms with Gasteiger partial charge in [-0.3, -0.25) is 0 Å². The number of aryl methyl sites for hydroxylation is 1. The molecule has 2 aromatic rings. The summed E-state index contributed by atoms with van der Waals surface area (Å²) in [5.74, 6) is -4.24. The molecule has 0 saturated heterocycles. The Bertz CT molecular complexity index is 1060. The summed E-state index contributed by atoms with van der Waals surface area (Å²) in [5.41, 5.74) is 5.25. The zero-order valence-electron chi connectivity index (χ0n) is 15.0. The fraction of sp³-hybridized carbons (Fsp3) is 0.263. The van der Waals surface area contributed by atoms with Gasteiger partial charge in [0.15, 0.2) is 0 Å². The van der Waals surface area contributed by atoms with E-state index in [1.54, 1.807) is 30.8 Å². The number of fused-ring (bicyclic) bond motifs is 1. The Morgan fingerprint density at radius 2 is 2.19 bits per heavy atom. The lowest BCUT2D eigenvalue weighted by atomic mass is 9.82. The van der Waals surface area contributed by atoms with E-state index in [4.69, 9.17) is 15.2 Å². The molecular weight excluding hydrogens is 356 g/mol. The van der Waals surface area contributed by atoms with Gasteiger partial charge in [-0.25, -0.2) is 13.6 Å². The van der Waals surface area contributed by atoms with Crippen LogP contribution in [0, 0.1) is 23.0 Å². The first-order valence-corrected chi connectivity index (χ1v) is 8.20. The molecule has 0 saturated carbocycles. The van der Waals surface area contributed by atoms with Crippen LogP contribution in [0.2, 0.25) is 0 Å². The molecule has 0 bridgehead atoms. The Morgan fingerprint density at radius 1 is 1.48 bits per heavy atom. The van der Waals surface area contributed by atoms with E-state index in [9.17, 15) is 14.4 Å². The molecule has 27 heavy (non-hydrogen) atoms. The molecule has 1 aromatic carbocycles. The third kappa shape index (κ3) is 2.81. The highest BCUT2D eigenvalue weighted by atomic mass is 19.1. The molecule has 1 aliphatic heterocycles. The summed E-state index contributed by atoms with van der Waals surface area (Å²) in [5, 5.41) is 9.68. The van der Waals surface area contributed by atoms with Crippen molar-refractivity contribution in [1.29, 1.82) is 5.26 Å². The van der Waals surface area contributed by atoms with Crippen molar-refractivity contribution in [2.45, 2.75) is 19.8 Å². The van der Waals surface area contributed by atoms with E-state index in [-0.39, 0.29) is 34.8 Å². The van der Waals surface area contributed by atoms with Crippen LogP contribution in [-0.2, 0) is 21.3 Å². The molecule has 0 aliphatic carbocycles. The van der Waals surface area contributed by atoms with Gasteiger partial charge in [0, 0.05) is 24.2 Å². The number of aromatic nitrogens is 1. The van der Waals surface area contributed by atoms with Crippen LogP contribution >= 0.6 is 0 Å². The highest BCUT2D eigenvalue weighted by molar-refractivity contribution is 5.93. The van der Waals surface area contributed by atoms with Crippen molar-refractivity contribution in [1.82, 2.24) is 4.57 Å². The Hall–Kier alpha value is -3.34. The predicted octanol–water partition coefficient (Wildman–Crippen LogP) is 3.10. The molecule has 1 aliphatic rings. The van der Waals surface area contributed by atoms with Crippen LogP contribution in [0.5, 0.6) is 0 Å². The molecule has 3 rings (SSSR count). The van der Waals surface area contributed by atoms with Crippen molar-refractivity contribution in [2.75, 3.05) is 6.61 Å². The van der Waals surface area contributed by atoms with Gasteiger partial charge in [-0.1, -0.05) is 0 Å². The summed E-state index contributed by atoms with van der Waals surface area (Å²) < 4.78 is 42.1. The zero-order valence-corrected chi connectivity index (χ0v) is 15.0. The second-order valence-corrected chi connectivity index (χ2v) is 6.06. The first-order chi connectivity index (χ1) is 12.8. The van der Waals surface area contributed by atoms with E-state index in [1.807, 2.05) is 0 Å². The van der Waals surface area contributed by atoms with Crippen LogP contribution in [-0.4, -0.2) is 17.1 Å². The largest absolute Gasteiger partial charge is 0.463 e. The number of benzene rings is 1. The van der Waals surface area contributed by atoms with Crippen molar-refractivity contribution in [2.24, 2.45) is 12.8 Å². The molecule has 0 amide bonds. The molecule has 140 valence electrons. The summed E-state index contributed by atoms with van der Waals surface area (Å²) in [4.78, 5) is 12.5. The van der Waals surface area contributed by atoms with Gasteiger partial charge in [0.05, 0.1) is 23.6 Å². The number of allylic oxidation sites excluding steroid dienone is 2. The number of carbonyl (C=O) groups is 1. The quantitative estimate of drug-likeness (QED) is 0.835. The van der Waals surface area contributed by atoms with Crippen LogP contribution in [0.15, 0.2) is 41.1 Å². The second-order valence-electron chi connectivity index (χ2n) is 6.06. The number of hydrogen-bond donors (Lipinski definition) is 1. The minimum atomic E-state index is -1.37. The van der Waals surface area contributed by atoms with Crippen molar-refractivity contribution in [3.8, 4) is 6.07 Å². The van der Waals surface area contributed by atoms with Gasteiger partial charge >= 0.3 is 5.97 Å². The highest BCUT2D eigenvalue weighted by Gasteiger charge is 2.40. The maximum atomic E-state index is 15.3. The van der Waals surface area contributed by atoms with Gasteiger partial charge in [0.2, 0.25) is 5.88 Å². The molecule has 6 nitrogen and oxygen atoms in total. The molecule has 1 aromatic heterocycles. The lowest BCUT2D eigenvalue weighted by Gasteiger charge is -2.27. The predicted molar refractivity (Wildman–Crippen MR) is 92.8 cm³/mol. The normalized spacial score (nSPS) is 17.1. The summed E-state index contributed by atoms with van der Waals surface area (Å²) in [6, 6.07) is 4.46. The van der Waals surface area contributed by atoms with Gasteiger partial charge in [-0.2, -0.15) is 5.26 Å². The lowest BCUT2D eigenvalue weighted by Crippen LogP contribution is -2.26. The molecule has 1 unspecified atom stereocenters. The summed E-state index contributed by atoms with van der Waals surface area (Å²) >= 11 is 0. The SMILES string of the molecule is CCOC(=O)C1=C(C)OC(N)=C(C#N)C1c1c(F)cc2c(ccn2C)c1F. The fourth-order valence-electron chi connectivity index (χ4n) is 3.26. The van der Waals surface area contributed by atoms with E-state index >= 15 is 4.39 Å². The lowest BCUT2D eigenvalue weighted by molar-refractivity contribution is -0.139. The summed E-state index contributed by atoms with van der Waals surface area (Å²) in [6.07, 6.45) is 1.59. The Kier molecular flexibility index (Phi) is 4.62. The number of nitrogens with two attached hydrogens (primary N) is 1. The average Bonchev–Trinajstić information content (AvgIpc) is 2.96. The third-order valence-electron chi connectivity index (χ3n) is 4.50. The van der Waals surface area contributed by atoms with Crippen LogP contribution in [0.25, 0.3) is 10.9 Å². The van der Waals surface area contributed by atoms with Gasteiger partial charge in [0.25, 0.3) is 0 Å². The minimum absolute atomic E-state index is 0.0295. The molecule has 0 fully saturated rings. The molecule has 8 heteroatoms. The maximum absolute atomic E-state index is 15.3. The van der Waals surface area contributed by atoms with Gasteiger partial charge in [0.1, 0.15) is 29.0 Å². The summed E-state index contributed by atoms with van der Waals surface area (Å²) in [7, 11) is 1.65. The number of esters is 1. The fourth-order valence-corrected chi connectivity index (χ4v) is 3.26. The number of ether oxygens (including phenoxy) is 2. The Labute approximate surface area is 154 Å². The van der Waals surface area contributed by atoms with E-state index in [0.717, 1.165) is 6.07 Å². The van der Waals surface area contributed by atoms with Crippen LogP contribution in [0.1, 0.15) is 25.3 Å². The number of halogens is 2. The molecule has 0 radical (unpaired) electrons. The Balaban J connectivity index is 2.33. The Morgan fingerprint density at radius 3 is 2.81 bits per heavy atom. The first kappa shape index (κ1) is 18.5. The zero-order chi connectivity index (χ0) is 19.9. The number of rotatable bonds is 3. The van der Waals surface area contributed by atoms with E-state index in [0.29, 0.717) is 5.52 Å². The van der Waals surface area contributed by atoms with E-state index in [2.05, 4.69) is 0 Å². The van der Waals surface area contributed by atoms with Crippen molar-refractivity contribution < 1.29 is 23.0 Å². The topological polar surface area (TPSA) is 90.3 Å². The molecule has 1 atom stereocenters. The molecule has 0 spiro atoms. The van der Waals surface area contributed by atoms with E-state index < -0.39 is 29.1 Å². The van der Waals surface area contributed by atoms with Crippen molar-refractivity contribution in [3.05, 3.63) is 58.3 Å². The van der Waals surface area contributed by atoms with Crippen LogP contribution in [0.3, 0.4) is 0 Å². The van der Waals surface area contributed by atoms with Crippen molar-refractivity contribution >= 4 is 16.9 Å². The maximum Gasteiger partial charge on any atom is 0.338 e. The average molecular weight is 373 g/mol. The number of nitriles is 1. The van der Waals surface area contributed by atoms with Gasteiger partial charge in [-0.15, -0.1) is 0 Å². The van der Waals surface area contributed by atoms with Gasteiger partial charge in [-0.05, 0) is 26.0 Å². The second kappa shape index (κ2) is 6.76. The monoisotopic (exact) mass is 373 g/mol. The molecule has 2 N–H and O–H groups in total. The van der Waals surface area contributed by atoms with Crippen LogP contribution < -0.4 is 5.73 Å². The number of carbonyl (C=O) groups excluding carboxylic acids is 1. The minimum Gasteiger partial charge on any atom is -0.463 e. The standard InChI is InChI=1S/C19H17F2N3O3/c1-4-26-19(25)14-9(2)27-18(23)11(8-22)15(14)16-12(20)7-13-10(17(16)21)5-6-24(13)3/h5-7,15H,4,23H2,1-3H3. The first-order valence-electron chi connectivity index (χ1n) is 8.20. The molecule has 2 heterocycles. The highest BCUT2D eigenvalue weighted by Crippen LogP contribution is 2.43. The smallest absolute Gasteiger partial charge is 0.338 e. The number of nitrogens with zero attached hydrogens (tertiary/aromatic N) is 2. The van der Waals surface area contributed by atoms with Crippen LogP contribution in [0.4, 0.5) is 8.78 Å². The third-order valence-corrected chi connectivity index (χ3v) is 4.50. The summed E-state index contributed by atoms with van der Waals surface area (Å²) in [6.45, 7) is 3.07. The number of hydrogen-bond acceptors (Lipinski definition) is 5. The van der Waals surface area contributed by atoms with Gasteiger partial charge < -0.3 is 19.8 Å². The molecular formula is C19H17F2N3O3.